The fraction of sp³-hybridized carbons (Fsp3) is 0. The third-order valence-electron chi connectivity index (χ3n) is 2.76. The van der Waals surface area contributed by atoms with Crippen LogP contribution in [0.15, 0.2) is 49.7 Å². The molecule has 3 aromatic rings. The number of fused-ring (bicyclic) bond motifs is 1. The normalized spacial score (nSPS) is 10.8. The molecule has 3 rings (SSSR count). The molecule has 6 heteroatoms. The van der Waals surface area contributed by atoms with Gasteiger partial charge in [-0.1, -0.05) is 12.1 Å². The van der Waals surface area contributed by atoms with Crippen molar-refractivity contribution in [1.82, 2.24) is 0 Å². The van der Waals surface area contributed by atoms with E-state index in [-0.39, 0.29) is 17.3 Å². The number of ketones is 1. The molecule has 0 spiro atoms. The number of benzene rings is 1. The molecule has 0 amide bonds. The van der Waals surface area contributed by atoms with E-state index in [2.05, 4.69) is 15.9 Å². The fourth-order valence-corrected chi connectivity index (χ4v) is 2.30. The topological polar surface area (TPSA) is 80.6 Å². The van der Waals surface area contributed by atoms with Gasteiger partial charge in [0.15, 0.2) is 11.5 Å². The number of furan rings is 2. The minimum atomic E-state index is -1.23. The highest BCUT2D eigenvalue weighted by Gasteiger charge is 2.20. The number of carbonyl (C=O) groups is 2. The van der Waals surface area contributed by atoms with E-state index < -0.39 is 11.8 Å². The smallest absolute Gasteiger partial charge is 0.371 e. The van der Waals surface area contributed by atoms with Gasteiger partial charge in [-0.3, -0.25) is 4.79 Å². The fourth-order valence-electron chi connectivity index (χ4n) is 1.84. The van der Waals surface area contributed by atoms with E-state index in [0.29, 0.717) is 5.58 Å². The lowest BCUT2D eigenvalue weighted by Gasteiger charge is -1.92. The second-order valence-corrected chi connectivity index (χ2v) is 4.92. The average Bonchev–Trinajstić information content (AvgIpc) is 3.05. The highest BCUT2D eigenvalue weighted by molar-refractivity contribution is 9.10. The van der Waals surface area contributed by atoms with E-state index in [1.807, 2.05) is 12.1 Å². The lowest BCUT2D eigenvalue weighted by Crippen LogP contribution is -1.98. The molecule has 100 valence electrons. The van der Waals surface area contributed by atoms with Crippen LogP contribution in [0, 0.1) is 0 Å². The number of hydrogen-bond acceptors (Lipinski definition) is 4. The van der Waals surface area contributed by atoms with Crippen molar-refractivity contribution in [2.75, 3.05) is 0 Å². The van der Waals surface area contributed by atoms with Crippen molar-refractivity contribution in [2.24, 2.45) is 0 Å². The molecule has 5 nitrogen and oxygen atoms in total. The molecule has 0 aliphatic rings. The van der Waals surface area contributed by atoms with Crippen LogP contribution in [0.4, 0.5) is 0 Å². The molecule has 1 N–H and O–H groups in total. The number of carboxylic acids is 1. The van der Waals surface area contributed by atoms with Crippen LogP contribution in [0.3, 0.4) is 0 Å². The van der Waals surface area contributed by atoms with Crippen molar-refractivity contribution >= 4 is 38.7 Å². The van der Waals surface area contributed by atoms with E-state index in [9.17, 15) is 9.59 Å². The van der Waals surface area contributed by atoms with Gasteiger partial charge in [0.05, 0.1) is 4.47 Å². The van der Waals surface area contributed by atoms with E-state index >= 15 is 0 Å². The van der Waals surface area contributed by atoms with Crippen LogP contribution in [0.1, 0.15) is 26.9 Å². The Hall–Kier alpha value is -2.34. The molecule has 0 bridgehead atoms. The molecule has 0 radical (unpaired) electrons. The quantitative estimate of drug-likeness (QED) is 0.738. The minimum Gasteiger partial charge on any atom is -0.475 e. The van der Waals surface area contributed by atoms with Gasteiger partial charge in [-0.15, -0.1) is 0 Å². The van der Waals surface area contributed by atoms with Crippen molar-refractivity contribution in [2.45, 2.75) is 0 Å². The molecule has 0 aliphatic heterocycles. The van der Waals surface area contributed by atoms with E-state index in [0.717, 1.165) is 9.86 Å². The van der Waals surface area contributed by atoms with Gasteiger partial charge < -0.3 is 13.9 Å². The number of carboxylic acid groups (broad SMARTS) is 1. The first-order chi connectivity index (χ1) is 9.56. The first-order valence-corrected chi connectivity index (χ1v) is 6.41. The second kappa shape index (κ2) is 4.64. The molecule has 0 saturated carbocycles. The summed E-state index contributed by atoms with van der Waals surface area (Å²) in [5, 5.41) is 9.54. The van der Waals surface area contributed by atoms with Crippen LogP contribution in [-0.2, 0) is 0 Å². The summed E-state index contributed by atoms with van der Waals surface area (Å²) in [4.78, 5) is 22.9. The standard InChI is InChI=1S/C14H7BrO5/c15-8-3-1-2-7-6-11(20-13(7)8)12(16)9-4-5-10(19-9)14(17)18/h1-6H,(H,17,18). The Kier molecular flexibility index (Phi) is 2.94. The van der Waals surface area contributed by atoms with Gasteiger partial charge in [0.25, 0.3) is 5.78 Å². The Bertz CT molecular complexity index is 827. The van der Waals surface area contributed by atoms with Crippen molar-refractivity contribution < 1.29 is 23.5 Å². The van der Waals surface area contributed by atoms with Gasteiger partial charge in [-0.05, 0) is 40.2 Å². The third-order valence-corrected chi connectivity index (χ3v) is 3.38. The second-order valence-electron chi connectivity index (χ2n) is 4.07. The lowest BCUT2D eigenvalue weighted by molar-refractivity contribution is 0.0660. The van der Waals surface area contributed by atoms with Crippen LogP contribution in [0.25, 0.3) is 11.0 Å². The number of para-hydroxylation sites is 1. The molecule has 0 fully saturated rings. The first kappa shape index (κ1) is 12.7. The number of rotatable bonds is 3. The number of halogens is 1. The molecule has 0 aliphatic carbocycles. The summed E-state index contributed by atoms with van der Waals surface area (Å²) >= 11 is 3.33. The Labute approximate surface area is 120 Å². The molecular weight excluding hydrogens is 328 g/mol. The molecule has 1 aromatic carbocycles. The van der Waals surface area contributed by atoms with Gasteiger partial charge in [0, 0.05) is 5.39 Å². The summed E-state index contributed by atoms with van der Waals surface area (Å²) in [7, 11) is 0. The predicted octanol–water partition coefficient (Wildman–Crippen LogP) is 3.72. The zero-order valence-corrected chi connectivity index (χ0v) is 11.5. The van der Waals surface area contributed by atoms with Crippen molar-refractivity contribution in [1.29, 1.82) is 0 Å². The molecule has 2 aromatic heterocycles. The Balaban J connectivity index is 2.03. The van der Waals surface area contributed by atoms with E-state index in [1.54, 1.807) is 12.1 Å². The van der Waals surface area contributed by atoms with Gasteiger partial charge >= 0.3 is 5.97 Å². The largest absolute Gasteiger partial charge is 0.475 e. The zero-order valence-electron chi connectivity index (χ0n) is 9.92. The molecule has 0 unspecified atom stereocenters. The SMILES string of the molecule is O=C(O)c1ccc(C(=O)c2cc3cccc(Br)c3o2)o1. The average molecular weight is 335 g/mol. The first-order valence-electron chi connectivity index (χ1n) is 5.62. The summed E-state index contributed by atoms with van der Waals surface area (Å²) < 4.78 is 11.2. The molecular formula is C14H7BrO5. The maximum atomic E-state index is 12.2. The number of carbonyl (C=O) groups excluding carboxylic acids is 1. The summed E-state index contributed by atoms with van der Waals surface area (Å²) in [5.41, 5.74) is 0.556. The monoisotopic (exact) mass is 334 g/mol. The minimum absolute atomic E-state index is 0.0717. The third kappa shape index (κ3) is 2.04. The molecule has 0 saturated heterocycles. The maximum Gasteiger partial charge on any atom is 0.371 e. The van der Waals surface area contributed by atoms with E-state index in [4.69, 9.17) is 13.9 Å². The van der Waals surface area contributed by atoms with Gasteiger partial charge in [-0.25, -0.2) is 4.79 Å². The molecule has 20 heavy (non-hydrogen) atoms. The zero-order chi connectivity index (χ0) is 14.3. The number of aromatic carboxylic acids is 1. The highest BCUT2D eigenvalue weighted by Crippen LogP contribution is 2.28. The maximum absolute atomic E-state index is 12.2. The summed E-state index contributed by atoms with van der Waals surface area (Å²) in [6.07, 6.45) is 0. The van der Waals surface area contributed by atoms with Crippen molar-refractivity contribution in [3.8, 4) is 0 Å². The summed E-state index contributed by atoms with van der Waals surface area (Å²) in [6, 6.07) is 9.57. The van der Waals surface area contributed by atoms with Gasteiger partial charge in [-0.2, -0.15) is 0 Å². The van der Waals surface area contributed by atoms with Crippen LogP contribution < -0.4 is 0 Å². The summed E-state index contributed by atoms with van der Waals surface area (Å²) in [5.74, 6) is -1.99. The Morgan fingerprint density at radius 3 is 2.40 bits per heavy atom. The van der Waals surface area contributed by atoms with Crippen LogP contribution in [-0.4, -0.2) is 16.9 Å². The Morgan fingerprint density at radius 2 is 1.75 bits per heavy atom. The molecule has 2 heterocycles. The van der Waals surface area contributed by atoms with Crippen molar-refractivity contribution in [3.63, 3.8) is 0 Å². The van der Waals surface area contributed by atoms with Crippen molar-refractivity contribution in [3.05, 3.63) is 58.2 Å². The van der Waals surface area contributed by atoms with E-state index in [1.165, 1.54) is 12.1 Å². The number of hydrogen-bond donors (Lipinski definition) is 1. The predicted molar refractivity (Wildman–Crippen MR) is 73.0 cm³/mol. The summed E-state index contributed by atoms with van der Waals surface area (Å²) in [6.45, 7) is 0. The van der Waals surface area contributed by atoms with Gasteiger partial charge in [0.1, 0.15) is 5.58 Å². The van der Waals surface area contributed by atoms with Crippen LogP contribution in [0.5, 0.6) is 0 Å². The lowest BCUT2D eigenvalue weighted by atomic mass is 10.2. The molecule has 0 atom stereocenters. The highest BCUT2D eigenvalue weighted by atomic mass is 79.9. The van der Waals surface area contributed by atoms with Crippen LogP contribution >= 0.6 is 15.9 Å². The van der Waals surface area contributed by atoms with Crippen LogP contribution in [0.2, 0.25) is 0 Å². The van der Waals surface area contributed by atoms with Gasteiger partial charge in [0.2, 0.25) is 5.76 Å². The Morgan fingerprint density at radius 1 is 1.00 bits per heavy atom.